The van der Waals surface area contributed by atoms with Gasteiger partial charge in [-0.2, -0.15) is 0 Å². The quantitative estimate of drug-likeness (QED) is 0.861. The monoisotopic (exact) mass is 230 g/mol. The first-order valence-corrected chi connectivity index (χ1v) is 5.15. The molecule has 0 atom stereocenters. The number of nitrogens with zero attached hydrogens (tertiary/aromatic N) is 1. The van der Waals surface area contributed by atoms with Crippen LogP contribution in [0.4, 0.5) is 10.1 Å². The van der Waals surface area contributed by atoms with Crippen molar-refractivity contribution in [3.63, 3.8) is 0 Å². The Morgan fingerprint density at radius 1 is 1.29 bits per heavy atom. The number of carbonyl (C=O) groups is 1. The molecule has 0 radical (unpaired) electrons. The second-order valence-electron chi connectivity index (χ2n) is 3.63. The van der Waals surface area contributed by atoms with Gasteiger partial charge in [-0.25, -0.2) is 4.39 Å². The Balaban J connectivity index is 2.24. The molecular formula is C13H11FN2O. The van der Waals surface area contributed by atoms with Crippen LogP contribution in [0.1, 0.15) is 15.9 Å². The number of benzene rings is 1. The third-order valence-corrected chi connectivity index (χ3v) is 2.36. The van der Waals surface area contributed by atoms with E-state index in [4.69, 9.17) is 0 Å². The minimum atomic E-state index is -0.492. The molecule has 1 aromatic heterocycles. The molecule has 4 heteroatoms. The topological polar surface area (TPSA) is 42.0 Å². The predicted molar refractivity (Wildman–Crippen MR) is 63.3 cm³/mol. The second-order valence-corrected chi connectivity index (χ2v) is 3.63. The molecule has 3 nitrogen and oxygen atoms in total. The Morgan fingerprint density at radius 3 is 2.82 bits per heavy atom. The van der Waals surface area contributed by atoms with E-state index in [9.17, 15) is 9.18 Å². The van der Waals surface area contributed by atoms with E-state index in [-0.39, 0.29) is 5.56 Å². The van der Waals surface area contributed by atoms with Crippen LogP contribution in [0.2, 0.25) is 0 Å². The number of rotatable bonds is 2. The summed E-state index contributed by atoms with van der Waals surface area (Å²) in [6.07, 6.45) is 3.11. The molecule has 0 fully saturated rings. The van der Waals surface area contributed by atoms with Crippen molar-refractivity contribution in [3.05, 3.63) is 59.7 Å². The van der Waals surface area contributed by atoms with Gasteiger partial charge in [-0.05, 0) is 30.7 Å². The van der Waals surface area contributed by atoms with E-state index in [1.807, 2.05) is 0 Å². The zero-order valence-corrected chi connectivity index (χ0v) is 9.27. The van der Waals surface area contributed by atoms with Crippen LogP contribution in [0.25, 0.3) is 0 Å². The molecule has 0 aliphatic carbocycles. The fraction of sp³-hybridized carbons (Fsp3) is 0.0769. The maximum atomic E-state index is 13.7. The summed E-state index contributed by atoms with van der Waals surface area (Å²) >= 11 is 0. The maximum Gasteiger partial charge on any atom is 0.258 e. The van der Waals surface area contributed by atoms with Crippen molar-refractivity contribution >= 4 is 11.6 Å². The first kappa shape index (κ1) is 11.3. The smallest absolute Gasteiger partial charge is 0.258 e. The summed E-state index contributed by atoms with van der Waals surface area (Å²) in [4.78, 5) is 15.7. The van der Waals surface area contributed by atoms with Crippen molar-refractivity contribution in [3.8, 4) is 0 Å². The summed E-state index contributed by atoms with van der Waals surface area (Å²) in [6, 6.07) is 8.11. The summed E-state index contributed by atoms with van der Waals surface area (Å²) < 4.78 is 13.7. The Labute approximate surface area is 98.3 Å². The lowest BCUT2D eigenvalue weighted by Crippen LogP contribution is -2.14. The van der Waals surface area contributed by atoms with Crippen LogP contribution in [0.15, 0.2) is 42.7 Å². The highest BCUT2D eigenvalue weighted by atomic mass is 19.1. The number of hydrogen-bond donors (Lipinski definition) is 1. The number of amides is 1. The number of aromatic nitrogens is 1. The highest BCUT2D eigenvalue weighted by Gasteiger charge is 2.12. The molecule has 0 unspecified atom stereocenters. The molecule has 2 rings (SSSR count). The molecular weight excluding hydrogens is 219 g/mol. The number of pyridine rings is 1. The number of halogens is 1. The van der Waals surface area contributed by atoms with Crippen molar-refractivity contribution in [2.75, 3.05) is 5.32 Å². The molecule has 0 aliphatic rings. The van der Waals surface area contributed by atoms with Crippen LogP contribution in [0.5, 0.6) is 0 Å². The molecule has 86 valence electrons. The van der Waals surface area contributed by atoms with Crippen LogP contribution in [-0.4, -0.2) is 10.9 Å². The van der Waals surface area contributed by atoms with E-state index in [1.54, 1.807) is 37.4 Å². The molecule has 0 saturated carbocycles. The van der Waals surface area contributed by atoms with Gasteiger partial charge in [0, 0.05) is 6.20 Å². The number of carbonyl (C=O) groups excluding carboxylic acids is 1. The van der Waals surface area contributed by atoms with Gasteiger partial charge in [0.2, 0.25) is 0 Å². The summed E-state index contributed by atoms with van der Waals surface area (Å²) in [5.74, 6) is -0.965. The zero-order valence-electron chi connectivity index (χ0n) is 9.27. The Morgan fingerprint density at radius 2 is 2.12 bits per heavy atom. The first-order chi connectivity index (χ1) is 8.18. The van der Waals surface area contributed by atoms with Gasteiger partial charge in [-0.1, -0.05) is 12.1 Å². The summed E-state index contributed by atoms with van der Waals surface area (Å²) in [7, 11) is 0. The van der Waals surface area contributed by atoms with E-state index in [0.717, 1.165) is 0 Å². The number of anilines is 1. The average molecular weight is 230 g/mol. The van der Waals surface area contributed by atoms with Crippen LogP contribution in [0, 0.1) is 12.7 Å². The van der Waals surface area contributed by atoms with E-state index in [1.165, 1.54) is 12.3 Å². The third-order valence-electron chi connectivity index (χ3n) is 2.36. The summed E-state index contributed by atoms with van der Waals surface area (Å²) in [5, 5.41) is 2.58. The SMILES string of the molecule is Cc1cccc(C(=O)Nc2cccnc2)c1F. The lowest BCUT2D eigenvalue weighted by molar-refractivity contribution is 0.102. The molecule has 0 spiro atoms. The molecule has 2 aromatic rings. The molecule has 0 aliphatic heterocycles. The van der Waals surface area contributed by atoms with Gasteiger partial charge in [0.25, 0.3) is 5.91 Å². The minimum absolute atomic E-state index is 0.0360. The molecule has 1 N–H and O–H groups in total. The van der Waals surface area contributed by atoms with Crippen molar-refractivity contribution in [1.82, 2.24) is 4.98 Å². The van der Waals surface area contributed by atoms with Gasteiger partial charge >= 0.3 is 0 Å². The summed E-state index contributed by atoms with van der Waals surface area (Å²) in [6.45, 7) is 1.62. The third kappa shape index (κ3) is 2.47. The van der Waals surface area contributed by atoms with E-state index in [0.29, 0.717) is 11.3 Å². The maximum absolute atomic E-state index is 13.7. The highest BCUT2D eigenvalue weighted by Crippen LogP contribution is 2.14. The first-order valence-electron chi connectivity index (χ1n) is 5.15. The predicted octanol–water partition coefficient (Wildman–Crippen LogP) is 2.78. The van der Waals surface area contributed by atoms with Crippen LogP contribution < -0.4 is 5.32 Å². The fourth-order valence-electron chi connectivity index (χ4n) is 1.46. The van der Waals surface area contributed by atoms with Crippen molar-refractivity contribution in [2.45, 2.75) is 6.92 Å². The number of aryl methyl sites for hydroxylation is 1. The standard InChI is InChI=1S/C13H11FN2O/c1-9-4-2-6-11(12(9)14)13(17)16-10-5-3-7-15-8-10/h2-8H,1H3,(H,16,17). The van der Waals surface area contributed by atoms with Gasteiger partial charge < -0.3 is 5.32 Å². The summed E-state index contributed by atoms with van der Waals surface area (Å²) in [5.41, 5.74) is 1.02. The Bertz CT molecular complexity index is 540. The van der Waals surface area contributed by atoms with Gasteiger partial charge in [-0.3, -0.25) is 9.78 Å². The van der Waals surface area contributed by atoms with Gasteiger partial charge in [0.1, 0.15) is 5.82 Å². The average Bonchev–Trinajstić information content (AvgIpc) is 2.34. The molecule has 1 amide bonds. The highest BCUT2D eigenvalue weighted by molar-refractivity contribution is 6.04. The van der Waals surface area contributed by atoms with Gasteiger partial charge in [0.05, 0.1) is 17.4 Å². The zero-order chi connectivity index (χ0) is 12.3. The van der Waals surface area contributed by atoms with Crippen molar-refractivity contribution in [1.29, 1.82) is 0 Å². The van der Waals surface area contributed by atoms with Crippen LogP contribution >= 0.6 is 0 Å². The van der Waals surface area contributed by atoms with E-state index >= 15 is 0 Å². The van der Waals surface area contributed by atoms with E-state index < -0.39 is 11.7 Å². The van der Waals surface area contributed by atoms with Crippen molar-refractivity contribution < 1.29 is 9.18 Å². The molecule has 17 heavy (non-hydrogen) atoms. The lowest BCUT2D eigenvalue weighted by Gasteiger charge is -2.06. The van der Waals surface area contributed by atoms with Gasteiger partial charge in [-0.15, -0.1) is 0 Å². The molecule has 0 bridgehead atoms. The minimum Gasteiger partial charge on any atom is -0.320 e. The molecule has 1 heterocycles. The lowest BCUT2D eigenvalue weighted by atomic mass is 10.1. The Kier molecular flexibility index (Phi) is 3.14. The number of hydrogen-bond acceptors (Lipinski definition) is 2. The molecule has 0 saturated heterocycles. The number of nitrogens with one attached hydrogen (secondary N) is 1. The molecule has 1 aromatic carbocycles. The normalized spacial score (nSPS) is 10.0. The Hall–Kier alpha value is -2.23. The van der Waals surface area contributed by atoms with E-state index in [2.05, 4.69) is 10.3 Å². The van der Waals surface area contributed by atoms with Gasteiger partial charge in [0.15, 0.2) is 0 Å². The van der Waals surface area contributed by atoms with Crippen LogP contribution in [0.3, 0.4) is 0 Å². The largest absolute Gasteiger partial charge is 0.320 e. The second kappa shape index (κ2) is 4.74. The fourth-order valence-corrected chi connectivity index (χ4v) is 1.46. The van der Waals surface area contributed by atoms with Crippen molar-refractivity contribution in [2.24, 2.45) is 0 Å². The van der Waals surface area contributed by atoms with Crippen LogP contribution in [-0.2, 0) is 0 Å².